The van der Waals surface area contributed by atoms with Crippen LogP contribution in [0.2, 0.25) is 0 Å². The summed E-state index contributed by atoms with van der Waals surface area (Å²) < 4.78 is 10.3. The van der Waals surface area contributed by atoms with Gasteiger partial charge in [0.15, 0.2) is 11.6 Å². The van der Waals surface area contributed by atoms with Crippen molar-refractivity contribution >= 4 is 23.5 Å². The lowest BCUT2D eigenvalue weighted by Gasteiger charge is -2.06. The maximum absolute atomic E-state index is 11.8. The standard InChI is InChI=1S/C21H20O6/c1-14(22)16-6-10-18(11-7-16)26-20(24)4-3-5-21(25)27-19-12-8-17(9-13-19)15(2)23/h6-13H,3-5H2,1-2H3. The normalized spacial score (nSPS) is 10.1. The molecule has 0 unspecified atom stereocenters. The molecule has 6 nitrogen and oxygen atoms in total. The Morgan fingerprint density at radius 2 is 0.963 bits per heavy atom. The van der Waals surface area contributed by atoms with E-state index >= 15 is 0 Å². The molecule has 2 aromatic carbocycles. The molecule has 2 rings (SSSR count). The van der Waals surface area contributed by atoms with Crippen LogP contribution >= 0.6 is 0 Å². The third-order valence-electron chi connectivity index (χ3n) is 3.75. The lowest BCUT2D eigenvalue weighted by molar-refractivity contribution is -0.136. The fraction of sp³-hybridized carbons (Fsp3) is 0.238. The Bertz CT molecular complexity index is 762. The summed E-state index contributed by atoms with van der Waals surface area (Å²) in [5.41, 5.74) is 1.07. The van der Waals surface area contributed by atoms with Gasteiger partial charge in [-0.25, -0.2) is 0 Å². The van der Waals surface area contributed by atoms with Crippen molar-refractivity contribution < 1.29 is 28.7 Å². The summed E-state index contributed by atoms with van der Waals surface area (Å²) in [5.74, 6) is -0.380. The molecule has 0 atom stereocenters. The largest absolute Gasteiger partial charge is 0.427 e. The van der Waals surface area contributed by atoms with Gasteiger partial charge >= 0.3 is 11.9 Å². The van der Waals surface area contributed by atoms with Crippen LogP contribution < -0.4 is 9.47 Å². The molecule has 0 radical (unpaired) electrons. The molecule has 0 aromatic heterocycles. The van der Waals surface area contributed by atoms with E-state index in [9.17, 15) is 19.2 Å². The van der Waals surface area contributed by atoms with Gasteiger partial charge in [-0.05, 0) is 68.8 Å². The van der Waals surface area contributed by atoms with Crippen LogP contribution in [0.25, 0.3) is 0 Å². The van der Waals surface area contributed by atoms with Crippen molar-refractivity contribution in [2.24, 2.45) is 0 Å². The highest BCUT2D eigenvalue weighted by Gasteiger charge is 2.10. The summed E-state index contributed by atoms with van der Waals surface area (Å²) >= 11 is 0. The summed E-state index contributed by atoms with van der Waals surface area (Å²) in [6.45, 7) is 2.91. The molecule has 0 aliphatic heterocycles. The lowest BCUT2D eigenvalue weighted by Crippen LogP contribution is -2.11. The van der Waals surface area contributed by atoms with Crippen molar-refractivity contribution in [2.75, 3.05) is 0 Å². The summed E-state index contributed by atoms with van der Waals surface area (Å²) in [6.07, 6.45) is 0.411. The van der Waals surface area contributed by atoms with Crippen LogP contribution in [0.3, 0.4) is 0 Å². The number of carbonyl (C=O) groups is 4. The fourth-order valence-electron chi connectivity index (χ4n) is 2.26. The first kappa shape index (κ1) is 20.0. The SMILES string of the molecule is CC(=O)c1ccc(OC(=O)CCCC(=O)Oc2ccc(C(C)=O)cc2)cc1. The Kier molecular flexibility index (Phi) is 7.00. The van der Waals surface area contributed by atoms with Crippen molar-refractivity contribution in [3.63, 3.8) is 0 Å². The Labute approximate surface area is 157 Å². The van der Waals surface area contributed by atoms with Crippen molar-refractivity contribution in [2.45, 2.75) is 33.1 Å². The molecule has 0 saturated heterocycles. The molecule has 0 amide bonds. The van der Waals surface area contributed by atoms with Crippen molar-refractivity contribution in [1.82, 2.24) is 0 Å². The van der Waals surface area contributed by atoms with E-state index < -0.39 is 11.9 Å². The van der Waals surface area contributed by atoms with Gasteiger partial charge in [0.2, 0.25) is 0 Å². The maximum atomic E-state index is 11.8. The topological polar surface area (TPSA) is 86.7 Å². The number of carbonyl (C=O) groups excluding carboxylic acids is 4. The molecule has 0 saturated carbocycles. The molecule has 0 aliphatic rings. The van der Waals surface area contributed by atoms with E-state index in [0.29, 0.717) is 22.6 Å². The van der Waals surface area contributed by atoms with Gasteiger partial charge in [-0.15, -0.1) is 0 Å². The van der Waals surface area contributed by atoms with E-state index in [1.807, 2.05) is 0 Å². The zero-order valence-corrected chi connectivity index (χ0v) is 15.2. The quantitative estimate of drug-likeness (QED) is 0.400. The second kappa shape index (κ2) is 9.43. The zero-order chi connectivity index (χ0) is 19.8. The molecule has 2 aromatic rings. The minimum absolute atomic E-state index is 0.0623. The van der Waals surface area contributed by atoms with Crippen molar-refractivity contribution in [1.29, 1.82) is 0 Å². The number of hydrogen-bond acceptors (Lipinski definition) is 6. The molecular weight excluding hydrogens is 348 g/mol. The lowest BCUT2D eigenvalue weighted by atomic mass is 10.1. The van der Waals surface area contributed by atoms with Gasteiger partial charge in [0.1, 0.15) is 11.5 Å². The molecule has 0 bridgehead atoms. The van der Waals surface area contributed by atoms with E-state index in [4.69, 9.17) is 9.47 Å². The number of benzene rings is 2. The fourth-order valence-corrected chi connectivity index (χ4v) is 2.26. The van der Waals surface area contributed by atoms with Crippen LogP contribution in [0.1, 0.15) is 53.8 Å². The second-order valence-electron chi connectivity index (χ2n) is 5.96. The molecule has 0 heterocycles. The van der Waals surface area contributed by atoms with Crippen molar-refractivity contribution in [3.05, 3.63) is 59.7 Å². The predicted molar refractivity (Wildman–Crippen MR) is 98.0 cm³/mol. The van der Waals surface area contributed by atoms with Gasteiger partial charge in [0.05, 0.1) is 0 Å². The summed E-state index contributed by atoms with van der Waals surface area (Å²) in [4.78, 5) is 46.0. The number of Topliss-reactive ketones (excluding diaryl/α,β-unsaturated/α-hetero) is 2. The minimum Gasteiger partial charge on any atom is -0.427 e. The Morgan fingerprint density at radius 1 is 0.630 bits per heavy atom. The highest BCUT2D eigenvalue weighted by Crippen LogP contribution is 2.15. The molecule has 0 spiro atoms. The first-order valence-electron chi connectivity index (χ1n) is 8.48. The summed E-state index contributed by atoms with van der Waals surface area (Å²) in [7, 11) is 0. The Balaban J connectivity index is 1.73. The summed E-state index contributed by atoms with van der Waals surface area (Å²) in [5, 5.41) is 0. The third kappa shape index (κ3) is 6.51. The first-order valence-corrected chi connectivity index (χ1v) is 8.48. The Morgan fingerprint density at radius 3 is 1.26 bits per heavy atom. The van der Waals surface area contributed by atoms with Crippen LogP contribution in [0, 0.1) is 0 Å². The predicted octanol–water partition coefficient (Wildman–Crippen LogP) is 3.77. The average molecular weight is 368 g/mol. The highest BCUT2D eigenvalue weighted by atomic mass is 16.5. The summed E-state index contributed by atoms with van der Waals surface area (Å²) in [6, 6.07) is 12.5. The van der Waals surface area contributed by atoms with E-state index in [1.54, 1.807) is 48.5 Å². The van der Waals surface area contributed by atoms with E-state index in [-0.39, 0.29) is 30.8 Å². The average Bonchev–Trinajstić information content (AvgIpc) is 2.62. The number of rotatable bonds is 8. The van der Waals surface area contributed by atoms with Gasteiger partial charge in [-0.2, -0.15) is 0 Å². The van der Waals surface area contributed by atoms with E-state index in [1.165, 1.54) is 13.8 Å². The smallest absolute Gasteiger partial charge is 0.311 e. The molecule has 27 heavy (non-hydrogen) atoms. The molecule has 0 fully saturated rings. The monoisotopic (exact) mass is 368 g/mol. The van der Waals surface area contributed by atoms with Gasteiger partial charge in [-0.3, -0.25) is 19.2 Å². The molecule has 140 valence electrons. The molecular formula is C21H20O6. The maximum Gasteiger partial charge on any atom is 0.311 e. The van der Waals surface area contributed by atoms with Gasteiger partial charge in [-0.1, -0.05) is 0 Å². The van der Waals surface area contributed by atoms with Crippen LogP contribution in [-0.2, 0) is 9.59 Å². The van der Waals surface area contributed by atoms with Crippen LogP contribution in [0.15, 0.2) is 48.5 Å². The van der Waals surface area contributed by atoms with E-state index in [0.717, 1.165) is 0 Å². The molecule has 0 aliphatic carbocycles. The zero-order valence-electron chi connectivity index (χ0n) is 15.2. The van der Waals surface area contributed by atoms with Gasteiger partial charge in [0.25, 0.3) is 0 Å². The van der Waals surface area contributed by atoms with Gasteiger partial charge < -0.3 is 9.47 Å². The Hall–Kier alpha value is -3.28. The number of hydrogen-bond donors (Lipinski definition) is 0. The minimum atomic E-state index is -0.468. The molecule has 6 heteroatoms. The number of ketones is 2. The van der Waals surface area contributed by atoms with Crippen LogP contribution in [0.5, 0.6) is 11.5 Å². The van der Waals surface area contributed by atoms with Crippen LogP contribution in [0.4, 0.5) is 0 Å². The number of esters is 2. The van der Waals surface area contributed by atoms with E-state index in [2.05, 4.69) is 0 Å². The van der Waals surface area contributed by atoms with Gasteiger partial charge in [0, 0.05) is 24.0 Å². The molecule has 0 N–H and O–H groups in total. The van der Waals surface area contributed by atoms with Crippen LogP contribution in [-0.4, -0.2) is 23.5 Å². The van der Waals surface area contributed by atoms with Crippen molar-refractivity contribution in [3.8, 4) is 11.5 Å². The second-order valence-corrected chi connectivity index (χ2v) is 5.96. The highest BCUT2D eigenvalue weighted by molar-refractivity contribution is 5.94. The first-order chi connectivity index (χ1) is 12.8. The third-order valence-corrected chi connectivity index (χ3v) is 3.75. The number of ether oxygens (including phenoxy) is 2.